The van der Waals surface area contributed by atoms with Crippen LogP contribution in [-0.2, 0) is 14.8 Å². The van der Waals surface area contributed by atoms with Gasteiger partial charge in [0, 0.05) is 6.92 Å². The van der Waals surface area contributed by atoms with Crippen LogP contribution in [0.5, 0.6) is 11.5 Å². The molecule has 0 fully saturated rings. The molecule has 2 aromatic carbocycles. The highest BCUT2D eigenvalue weighted by molar-refractivity contribution is 7.92. The maximum Gasteiger partial charge on any atom is 0.261 e. The zero-order chi connectivity index (χ0) is 19.8. The fraction of sp³-hybridized carbons (Fsp3) is 0.278. The zero-order valence-electron chi connectivity index (χ0n) is 15.0. The van der Waals surface area contributed by atoms with Crippen molar-refractivity contribution in [2.75, 3.05) is 23.3 Å². The van der Waals surface area contributed by atoms with Gasteiger partial charge in [0.2, 0.25) is 5.91 Å². The van der Waals surface area contributed by atoms with E-state index in [9.17, 15) is 13.2 Å². The summed E-state index contributed by atoms with van der Waals surface area (Å²) in [7, 11) is -2.41. The molecular formula is C18H19ClN2O5S. The predicted octanol–water partition coefficient (Wildman–Crippen LogP) is 3.28. The molecule has 27 heavy (non-hydrogen) atoms. The number of sulfonamides is 1. The summed E-state index contributed by atoms with van der Waals surface area (Å²) in [4.78, 5) is 13.5. The van der Waals surface area contributed by atoms with Gasteiger partial charge in [-0.25, -0.2) is 8.42 Å². The smallest absolute Gasteiger partial charge is 0.261 e. The second-order valence-corrected chi connectivity index (χ2v) is 8.23. The number of carbonyl (C=O) groups is 1. The molecule has 0 unspecified atom stereocenters. The molecule has 0 saturated heterocycles. The minimum atomic E-state index is -3.89. The van der Waals surface area contributed by atoms with Gasteiger partial charge in [-0.15, -0.1) is 0 Å². The standard InChI is InChI=1S/C18H19ClN2O5S/c1-11-10-21(12(2)22)16-9-14(5-7-18(16)26-11)27(23,24)20-13-4-6-17(25-3)15(19)8-13/h4-9,11,20H,10H2,1-3H3/t11-/m1/s1. The zero-order valence-corrected chi connectivity index (χ0v) is 16.6. The molecule has 1 heterocycles. The van der Waals surface area contributed by atoms with Crippen LogP contribution in [-0.4, -0.2) is 34.1 Å². The molecule has 0 spiro atoms. The molecule has 0 aromatic heterocycles. The van der Waals surface area contributed by atoms with Gasteiger partial charge >= 0.3 is 0 Å². The first-order valence-corrected chi connectivity index (χ1v) is 10.0. The summed E-state index contributed by atoms with van der Waals surface area (Å²) in [5, 5.41) is 0.285. The fourth-order valence-electron chi connectivity index (χ4n) is 2.83. The predicted molar refractivity (Wildman–Crippen MR) is 103 cm³/mol. The number of amides is 1. The largest absolute Gasteiger partial charge is 0.495 e. The Balaban J connectivity index is 1.95. The van der Waals surface area contributed by atoms with E-state index in [1.165, 1.54) is 37.1 Å². The van der Waals surface area contributed by atoms with Gasteiger partial charge < -0.3 is 14.4 Å². The Morgan fingerprint density at radius 2 is 2.04 bits per heavy atom. The Bertz CT molecular complexity index is 993. The SMILES string of the molecule is COc1ccc(NS(=O)(=O)c2ccc3c(c2)N(C(C)=O)C[C@@H](C)O3)cc1Cl. The third-order valence-electron chi connectivity index (χ3n) is 4.08. The minimum Gasteiger partial charge on any atom is -0.495 e. The molecule has 2 aromatic rings. The average Bonchev–Trinajstić information content (AvgIpc) is 2.60. The maximum atomic E-state index is 12.8. The first-order valence-electron chi connectivity index (χ1n) is 8.16. The lowest BCUT2D eigenvalue weighted by molar-refractivity contribution is -0.117. The van der Waals surface area contributed by atoms with E-state index in [2.05, 4.69) is 4.72 Å². The number of hydrogen-bond acceptors (Lipinski definition) is 5. The van der Waals surface area contributed by atoms with Gasteiger partial charge in [-0.3, -0.25) is 9.52 Å². The Hall–Kier alpha value is -2.45. The minimum absolute atomic E-state index is 0.0117. The van der Waals surface area contributed by atoms with Crippen molar-refractivity contribution >= 4 is 38.9 Å². The third kappa shape index (κ3) is 3.96. The number of nitrogens with zero attached hydrogens (tertiary/aromatic N) is 1. The van der Waals surface area contributed by atoms with Gasteiger partial charge in [0.1, 0.15) is 17.6 Å². The van der Waals surface area contributed by atoms with Crippen LogP contribution in [0.4, 0.5) is 11.4 Å². The maximum absolute atomic E-state index is 12.8. The van der Waals surface area contributed by atoms with Crippen LogP contribution in [0, 0.1) is 0 Å². The van der Waals surface area contributed by atoms with Crippen LogP contribution < -0.4 is 19.1 Å². The van der Waals surface area contributed by atoms with Crippen molar-refractivity contribution < 1.29 is 22.7 Å². The van der Waals surface area contributed by atoms with Crippen LogP contribution >= 0.6 is 11.6 Å². The Kier molecular flexibility index (Phi) is 5.21. The molecule has 9 heteroatoms. The summed E-state index contributed by atoms with van der Waals surface area (Å²) in [5.74, 6) is 0.725. The van der Waals surface area contributed by atoms with E-state index in [1.807, 2.05) is 6.92 Å². The van der Waals surface area contributed by atoms with Gasteiger partial charge in [-0.1, -0.05) is 11.6 Å². The number of rotatable bonds is 4. The highest BCUT2D eigenvalue weighted by Gasteiger charge is 2.28. The first-order chi connectivity index (χ1) is 12.7. The number of halogens is 1. The number of nitrogens with one attached hydrogen (secondary N) is 1. The quantitative estimate of drug-likeness (QED) is 0.836. The molecule has 0 aliphatic carbocycles. The van der Waals surface area contributed by atoms with Crippen molar-refractivity contribution in [3.63, 3.8) is 0 Å². The molecule has 0 radical (unpaired) electrons. The van der Waals surface area contributed by atoms with E-state index >= 15 is 0 Å². The van der Waals surface area contributed by atoms with Crippen molar-refractivity contribution in [1.29, 1.82) is 0 Å². The van der Waals surface area contributed by atoms with E-state index in [4.69, 9.17) is 21.1 Å². The lowest BCUT2D eigenvalue weighted by atomic mass is 10.2. The number of fused-ring (bicyclic) bond motifs is 1. The van der Waals surface area contributed by atoms with Crippen molar-refractivity contribution in [3.05, 3.63) is 41.4 Å². The second-order valence-electron chi connectivity index (χ2n) is 6.14. The van der Waals surface area contributed by atoms with E-state index in [0.29, 0.717) is 29.4 Å². The average molecular weight is 411 g/mol. The van der Waals surface area contributed by atoms with Crippen LogP contribution in [0.3, 0.4) is 0 Å². The molecular weight excluding hydrogens is 392 g/mol. The molecule has 0 saturated carbocycles. The van der Waals surface area contributed by atoms with E-state index < -0.39 is 10.0 Å². The monoisotopic (exact) mass is 410 g/mol. The summed E-state index contributed by atoms with van der Waals surface area (Å²) in [6.45, 7) is 3.63. The van der Waals surface area contributed by atoms with Gasteiger partial charge in [0.15, 0.2) is 0 Å². The van der Waals surface area contributed by atoms with Gasteiger partial charge in [-0.05, 0) is 43.3 Å². The molecule has 144 valence electrons. The molecule has 1 aliphatic heterocycles. The number of anilines is 2. The lowest BCUT2D eigenvalue weighted by Gasteiger charge is -2.33. The topological polar surface area (TPSA) is 84.9 Å². The Labute approximate surface area is 162 Å². The Morgan fingerprint density at radius 3 is 2.67 bits per heavy atom. The number of benzene rings is 2. The summed E-state index contributed by atoms with van der Waals surface area (Å²) >= 11 is 6.05. The molecule has 0 bridgehead atoms. The molecule has 3 rings (SSSR count). The summed E-state index contributed by atoms with van der Waals surface area (Å²) in [5.41, 5.74) is 0.725. The number of hydrogen-bond donors (Lipinski definition) is 1. The molecule has 7 nitrogen and oxygen atoms in total. The summed E-state index contributed by atoms with van der Waals surface area (Å²) < 4.78 is 38.8. The highest BCUT2D eigenvalue weighted by atomic mass is 35.5. The van der Waals surface area contributed by atoms with Gasteiger partial charge in [0.05, 0.1) is 34.9 Å². The van der Waals surface area contributed by atoms with Gasteiger partial charge in [-0.2, -0.15) is 0 Å². The van der Waals surface area contributed by atoms with E-state index in [-0.39, 0.29) is 21.9 Å². The third-order valence-corrected chi connectivity index (χ3v) is 5.76. The highest BCUT2D eigenvalue weighted by Crippen LogP contribution is 2.36. The Morgan fingerprint density at radius 1 is 1.30 bits per heavy atom. The van der Waals surface area contributed by atoms with Crippen molar-refractivity contribution in [3.8, 4) is 11.5 Å². The van der Waals surface area contributed by atoms with Crippen molar-refractivity contribution in [1.82, 2.24) is 0 Å². The van der Waals surface area contributed by atoms with E-state index in [1.54, 1.807) is 18.2 Å². The number of carbonyl (C=O) groups excluding carboxylic acids is 1. The fourth-order valence-corrected chi connectivity index (χ4v) is 4.15. The summed E-state index contributed by atoms with van der Waals surface area (Å²) in [6.07, 6.45) is -0.177. The van der Waals surface area contributed by atoms with Crippen LogP contribution in [0.15, 0.2) is 41.3 Å². The summed E-state index contributed by atoms with van der Waals surface area (Å²) in [6, 6.07) is 8.99. The van der Waals surface area contributed by atoms with E-state index in [0.717, 1.165) is 0 Å². The normalized spacial score (nSPS) is 16.3. The first kappa shape index (κ1) is 19.3. The molecule has 1 atom stereocenters. The molecule has 1 aliphatic rings. The number of methoxy groups -OCH3 is 1. The van der Waals surface area contributed by atoms with Crippen LogP contribution in [0.1, 0.15) is 13.8 Å². The second kappa shape index (κ2) is 7.28. The van der Waals surface area contributed by atoms with Gasteiger partial charge in [0.25, 0.3) is 10.0 Å². The van der Waals surface area contributed by atoms with Crippen LogP contribution in [0.25, 0.3) is 0 Å². The van der Waals surface area contributed by atoms with Crippen LogP contribution in [0.2, 0.25) is 5.02 Å². The number of ether oxygens (including phenoxy) is 2. The van der Waals surface area contributed by atoms with Crippen molar-refractivity contribution in [2.24, 2.45) is 0 Å². The lowest BCUT2D eigenvalue weighted by Crippen LogP contribution is -2.41. The van der Waals surface area contributed by atoms with Crippen molar-refractivity contribution in [2.45, 2.75) is 24.8 Å². The molecule has 1 amide bonds. The molecule has 1 N–H and O–H groups in total.